The van der Waals surface area contributed by atoms with Crippen LogP contribution in [0.5, 0.6) is 0 Å². The van der Waals surface area contributed by atoms with Gasteiger partial charge in [0.25, 0.3) is 10.1 Å². The largest absolute Gasteiger partial charge is 0.288 e. The Labute approximate surface area is 171 Å². The normalized spacial score (nSPS) is 13.7. The summed E-state index contributed by atoms with van der Waals surface area (Å²) in [6.07, 6.45) is 0. The minimum Gasteiger partial charge on any atom is -0.284 e. The zero-order chi connectivity index (χ0) is 20.0. The third-order valence-corrected chi connectivity index (χ3v) is 8.70. The van der Waals surface area contributed by atoms with Gasteiger partial charge in [-0.3, -0.25) is 4.55 Å². The molecule has 1 N–H and O–H groups in total. The molecule has 142 valence electrons. The third kappa shape index (κ3) is 4.15. The smallest absolute Gasteiger partial charge is 0.284 e. The Morgan fingerprint density at radius 2 is 0.885 bits per heavy atom. The molecular formula is C21H27IO3S. The molecule has 0 aliphatic carbocycles. The molecule has 0 aliphatic rings. The van der Waals surface area contributed by atoms with Crippen molar-refractivity contribution in [3.63, 3.8) is 0 Å². The Kier molecular flexibility index (Phi) is 5.68. The molecular weight excluding hydrogens is 459 g/mol. The maximum Gasteiger partial charge on any atom is 0.288 e. The SMILES string of the molecule is CC(C)(C)c1ccc(C(I)(c2ccc(C(C)(C)C)cc2)S(=O)(=O)O)cc1. The summed E-state index contributed by atoms with van der Waals surface area (Å²) in [5.41, 5.74) is 3.24. The highest BCUT2D eigenvalue weighted by Gasteiger charge is 2.44. The Morgan fingerprint density at radius 3 is 1.08 bits per heavy atom. The lowest BCUT2D eigenvalue weighted by atomic mass is 9.85. The molecule has 0 atom stereocenters. The van der Waals surface area contributed by atoms with Crippen LogP contribution in [-0.4, -0.2) is 13.0 Å². The van der Waals surface area contributed by atoms with Crippen LogP contribution in [0, 0.1) is 0 Å². The molecule has 0 heterocycles. The zero-order valence-electron chi connectivity index (χ0n) is 16.2. The van der Waals surface area contributed by atoms with Crippen molar-refractivity contribution in [1.29, 1.82) is 0 Å². The minimum atomic E-state index is -4.38. The summed E-state index contributed by atoms with van der Waals surface area (Å²) < 4.78 is 33.3. The molecule has 0 spiro atoms. The van der Waals surface area contributed by atoms with Gasteiger partial charge < -0.3 is 0 Å². The van der Waals surface area contributed by atoms with Gasteiger partial charge in [0, 0.05) is 0 Å². The van der Waals surface area contributed by atoms with E-state index in [1.807, 2.05) is 46.9 Å². The first-order valence-corrected chi connectivity index (χ1v) is 11.1. The van der Waals surface area contributed by atoms with Gasteiger partial charge in [-0.1, -0.05) is 90.1 Å². The first-order chi connectivity index (χ1) is 11.7. The van der Waals surface area contributed by atoms with Crippen molar-refractivity contribution < 1.29 is 13.0 Å². The first kappa shape index (κ1) is 21.4. The van der Waals surface area contributed by atoms with Crippen molar-refractivity contribution in [2.45, 2.75) is 55.1 Å². The van der Waals surface area contributed by atoms with E-state index in [1.165, 1.54) is 0 Å². The van der Waals surface area contributed by atoms with Crippen LogP contribution in [0.4, 0.5) is 0 Å². The van der Waals surface area contributed by atoms with Crippen molar-refractivity contribution in [2.24, 2.45) is 0 Å². The second kappa shape index (κ2) is 6.91. The number of alkyl halides is 1. The Morgan fingerprint density at radius 1 is 0.654 bits per heavy atom. The molecule has 0 radical (unpaired) electrons. The van der Waals surface area contributed by atoms with Crippen LogP contribution < -0.4 is 0 Å². The van der Waals surface area contributed by atoms with Crippen LogP contribution in [0.15, 0.2) is 48.5 Å². The quantitative estimate of drug-likeness (QED) is 0.339. The van der Waals surface area contributed by atoms with E-state index in [0.717, 1.165) is 11.1 Å². The second-order valence-corrected chi connectivity index (χ2v) is 12.6. The van der Waals surface area contributed by atoms with E-state index < -0.39 is 12.9 Å². The summed E-state index contributed by atoms with van der Waals surface area (Å²) in [7, 11) is -4.38. The van der Waals surface area contributed by atoms with Crippen LogP contribution in [0.1, 0.15) is 63.8 Å². The Bertz CT molecular complexity index is 811. The molecule has 0 bridgehead atoms. The zero-order valence-corrected chi connectivity index (χ0v) is 19.1. The molecule has 0 aliphatic heterocycles. The van der Waals surface area contributed by atoms with E-state index in [4.69, 9.17) is 0 Å². The van der Waals surface area contributed by atoms with Crippen molar-refractivity contribution in [3.05, 3.63) is 70.8 Å². The van der Waals surface area contributed by atoms with Gasteiger partial charge in [0.2, 0.25) is 0 Å². The van der Waals surface area contributed by atoms with Gasteiger partial charge in [-0.05, 0) is 55.7 Å². The van der Waals surface area contributed by atoms with E-state index in [-0.39, 0.29) is 10.8 Å². The number of hydrogen-bond acceptors (Lipinski definition) is 2. The van der Waals surface area contributed by atoms with Gasteiger partial charge in [0.15, 0.2) is 2.75 Å². The van der Waals surface area contributed by atoms with Gasteiger partial charge in [-0.15, -0.1) is 0 Å². The lowest BCUT2D eigenvalue weighted by Gasteiger charge is -2.28. The lowest BCUT2D eigenvalue weighted by molar-refractivity contribution is 0.473. The summed E-state index contributed by atoms with van der Waals surface area (Å²) in [6, 6.07) is 14.9. The fourth-order valence-corrected chi connectivity index (χ4v) is 4.42. The summed E-state index contributed by atoms with van der Waals surface area (Å²) in [5, 5.41) is 0. The van der Waals surface area contributed by atoms with E-state index in [1.54, 1.807) is 24.3 Å². The molecule has 3 nitrogen and oxygen atoms in total. The number of benzene rings is 2. The molecule has 5 heteroatoms. The predicted molar refractivity (Wildman–Crippen MR) is 117 cm³/mol. The van der Waals surface area contributed by atoms with Crippen LogP contribution in [-0.2, 0) is 23.7 Å². The average Bonchev–Trinajstić information content (AvgIpc) is 2.51. The van der Waals surface area contributed by atoms with Gasteiger partial charge >= 0.3 is 0 Å². The summed E-state index contributed by atoms with van der Waals surface area (Å²) in [5.74, 6) is 0. The van der Waals surface area contributed by atoms with Crippen LogP contribution in [0.2, 0.25) is 0 Å². The molecule has 2 rings (SSSR count). The highest BCUT2D eigenvalue weighted by molar-refractivity contribution is 14.1. The topological polar surface area (TPSA) is 54.4 Å². The molecule has 0 fully saturated rings. The van der Waals surface area contributed by atoms with Crippen molar-refractivity contribution in [3.8, 4) is 0 Å². The summed E-state index contributed by atoms with van der Waals surface area (Å²) in [4.78, 5) is 0. The van der Waals surface area contributed by atoms with Crippen LogP contribution in [0.25, 0.3) is 0 Å². The van der Waals surface area contributed by atoms with Crippen molar-refractivity contribution >= 4 is 32.7 Å². The van der Waals surface area contributed by atoms with Crippen LogP contribution in [0.3, 0.4) is 0 Å². The number of halogens is 1. The standard InChI is InChI=1S/C21H27IO3S/c1-19(2,3)15-7-11-17(12-8-15)21(22,26(23,24)25)18-13-9-16(10-14-18)20(4,5)6/h7-14H,1-6H3,(H,23,24,25). The summed E-state index contributed by atoms with van der Waals surface area (Å²) >= 11 is 1.84. The number of hydrogen-bond donors (Lipinski definition) is 1. The van der Waals surface area contributed by atoms with E-state index in [0.29, 0.717) is 11.1 Å². The highest BCUT2D eigenvalue weighted by Crippen LogP contribution is 2.44. The van der Waals surface area contributed by atoms with E-state index in [2.05, 4.69) is 41.5 Å². The molecule has 0 aromatic heterocycles. The van der Waals surface area contributed by atoms with Crippen molar-refractivity contribution in [2.75, 3.05) is 0 Å². The predicted octanol–water partition coefficient (Wildman–Crippen LogP) is 5.81. The lowest BCUT2D eigenvalue weighted by Crippen LogP contribution is -2.30. The third-order valence-electron chi connectivity index (χ3n) is 4.60. The first-order valence-electron chi connectivity index (χ1n) is 8.55. The van der Waals surface area contributed by atoms with E-state index >= 15 is 0 Å². The van der Waals surface area contributed by atoms with Crippen molar-refractivity contribution in [1.82, 2.24) is 0 Å². The Balaban J connectivity index is 2.60. The molecule has 0 unspecified atom stereocenters. The second-order valence-electron chi connectivity index (χ2n) is 8.73. The van der Waals surface area contributed by atoms with Gasteiger partial charge in [-0.25, -0.2) is 0 Å². The minimum absolute atomic E-state index is 0.0289. The van der Waals surface area contributed by atoms with Crippen LogP contribution >= 0.6 is 22.6 Å². The monoisotopic (exact) mass is 486 g/mol. The fraction of sp³-hybridized carbons (Fsp3) is 0.429. The maximum atomic E-state index is 12.4. The van der Waals surface area contributed by atoms with Gasteiger partial charge in [0.05, 0.1) is 0 Å². The van der Waals surface area contributed by atoms with Gasteiger partial charge in [-0.2, -0.15) is 8.42 Å². The van der Waals surface area contributed by atoms with Gasteiger partial charge in [0.1, 0.15) is 0 Å². The highest BCUT2D eigenvalue weighted by atomic mass is 127. The molecule has 26 heavy (non-hydrogen) atoms. The molecule has 0 saturated heterocycles. The number of rotatable bonds is 3. The maximum absolute atomic E-state index is 12.4. The molecule has 2 aromatic carbocycles. The fourth-order valence-electron chi connectivity index (χ4n) is 2.83. The molecule has 2 aromatic rings. The average molecular weight is 486 g/mol. The molecule has 0 amide bonds. The van der Waals surface area contributed by atoms with E-state index in [9.17, 15) is 13.0 Å². The molecule has 0 saturated carbocycles. The Hall–Kier alpha value is -0.920. The summed E-state index contributed by atoms with van der Waals surface area (Å²) in [6.45, 7) is 12.6.